The maximum absolute atomic E-state index is 12.9. The molecule has 1 fully saturated rings. The molecule has 168 valence electrons. The molecule has 0 bridgehead atoms. The minimum atomic E-state index is -0.385. The lowest BCUT2D eigenvalue weighted by Gasteiger charge is -2.14. The normalized spacial score (nSPS) is 14.8. The maximum atomic E-state index is 12.9. The van der Waals surface area contributed by atoms with E-state index in [1.165, 1.54) is 0 Å². The minimum Gasteiger partial charge on any atom is -0.493 e. The lowest BCUT2D eigenvalue weighted by atomic mass is 10.1. The Morgan fingerprint density at radius 2 is 1.64 bits per heavy atom. The molecule has 0 N–H and O–H groups in total. The molecule has 0 atom stereocenters. The average molecular weight is 612 g/mol. The van der Waals surface area contributed by atoms with Crippen molar-refractivity contribution in [1.82, 2.24) is 0 Å². The van der Waals surface area contributed by atoms with Gasteiger partial charge in [-0.1, -0.05) is 35.3 Å². The Balaban J connectivity index is 1.57. The summed E-state index contributed by atoms with van der Waals surface area (Å²) in [4.78, 5) is 26.9. The van der Waals surface area contributed by atoms with Crippen LogP contribution >= 0.6 is 57.6 Å². The molecule has 0 spiro atoms. The van der Waals surface area contributed by atoms with Crippen LogP contribution in [0.2, 0.25) is 10.0 Å². The summed E-state index contributed by atoms with van der Waals surface area (Å²) in [5, 5.41) is 0.829. The molecule has 4 rings (SSSR count). The molecular weight excluding hydrogens is 596 g/mol. The standard InChI is InChI=1S/C24H16Cl2INO4S/c1-31-20-11-15(10-19(27)22(20)32-13-14-2-4-16(25)5-3-14)12-21-23(29)28(24(30)33-21)18-8-6-17(26)7-9-18/h2-12H,13H2,1H3/b21-12-. The third kappa shape index (κ3) is 5.48. The fourth-order valence-electron chi connectivity index (χ4n) is 3.13. The van der Waals surface area contributed by atoms with Crippen molar-refractivity contribution in [2.24, 2.45) is 0 Å². The SMILES string of the molecule is COc1cc(/C=C2\SC(=O)N(c3ccc(Cl)cc3)C2=O)cc(I)c1OCc1ccc(Cl)cc1. The van der Waals surface area contributed by atoms with Gasteiger partial charge in [0.1, 0.15) is 6.61 Å². The zero-order valence-electron chi connectivity index (χ0n) is 17.2. The number of nitrogens with zero attached hydrogens (tertiary/aromatic N) is 1. The van der Waals surface area contributed by atoms with Crippen LogP contribution in [0.3, 0.4) is 0 Å². The molecule has 1 heterocycles. The molecule has 5 nitrogen and oxygen atoms in total. The van der Waals surface area contributed by atoms with E-state index in [0.29, 0.717) is 38.7 Å². The topological polar surface area (TPSA) is 55.8 Å². The summed E-state index contributed by atoms with van der Waals surface area (Å²) in [5.74, 6) is 0.739. The third-order valence-corrected chi connectivity index (χ3v) is 6.90. The summed E-state index contributed by atoms with van der Waals surface area (Å²) >= 11 is 14.9. The Hall–Kier alpha value is -2.20. The fourth-order valence-corrected chi connectivity index (χ4v) is 5.01. The minimum absolute atomic E-state index is 0.322. The summed E-state index contributed by atoms with van der Waals surface area (Å²) < 4.78 is 12.3. The first-order chi connectivity index (χ1) is 15.9. The van der Waals surface area contributed by atoms with Gasteiger partial charge in [-0.3, -0.25) is 9.59 Å². The summed E-state index contributed by atoms with van der Waals surface area (Å²) in [5.41, 5.74) is 2.16. The van der Waals surface area contributed by atoms with Gasteiger partial charge in [0.15, 0.2) is 11.5 Å². The lowest BCUT2D eigenvalue weighted by Crippen LogP contribution is -2.27. The molecule has 3 aromatic carbocycles. The van der Waals surface area contributed by atoms with Crippen LogP contribution in [0.5, 0.6) is 11.5 Å². The molecule has 0 unspecified atom stereocenters. The molecule has 1 aliphatic heterocycles. The van der Waals surface area contributed by atoms with Crippen LogP contribution in [0, 0.1) is 3.57 Å². The van der Waals surface area contributed by atoms with Crippen molar-refractivity contribution in [3.63, 3.8) is 0 Å². The van der Waals surface area contributed by atoms with Gasteiger partial charge in [0.2, 0.25) is 0 Å². The predicted molar refractivity (Wildman–Crippen MR) is 141 cm³/mol. The Bertz CT molecular complexity index is 1250. The molecule has 0 aliphatic carbocycles. The fraction of sp³-hybridized carbons (Fsp3) is 0.0833. The third-order valence-electron chi connectivity index (χ3n) is 4.72. The van der Waals surface area contributed by atoms with Crippen LogP contribution in [0.4, 0.5) is 10.5 Å². The zero-order valence-corrected chi connectivity index (χ0v) is 21.7. The second kappa shape index (κ2) is 10.4. The van der Waals surface area contributed by atoms with Crippen molar-refractivity contribution >= 4 is 80.5 Å². The highest BCUT2D eigenvalue weighted by atomic mass is 127. The molecule has 1 saturated heterocycles. The Labute approximate surface area is 218 Å². The lowest BCUT2D eigenvalue weighted by molar-refractivity contribution is -0.113. The van der Waals surface area contributed by atoms with Gasteiger partial charge in [0.05, 0.1) is 21.3 Å². The van der Waals surface area contributed by atoms with E-state index < -0.39 is 0 Å². The number of halogens is 3. The Morgan fingerprint density at radius 3 is 2.27 bits per heavy atom. The summed E-state index contributed by atoms with van der Waals surface area (Å²) in [6.07, 6.45) is 1.68. The van der Waals surface area contributed by atoms with E-state index in [2.05, 4.69) is 22.6 Å². The van der Waals surface area contributed by atoms with Crippen LogP contribution in [0.1, 0.15) is 11.1 Å². The number of carbonyl (C=O) groups is 2. The van der Waals surface area contributed by atoms with Gasteiger partial charge in [-0.25, -0.2) is 4.90 Å². The summed E-state index contributed by atoms with van der Waals surface area (Å²) in [6.45, 7) is 0.350. The number of imide groups is 1. The Morgan fingerprint density at radius 1 is 1.00 bits per heavy atom. The molecule has 9 heteroatoms. The molecule has 1 aliphatic rings. The van der Waals surface area contributed by atoms with Gasteiger partial charge < -0.3 is 9.47 Å². The van der Waals surface area contributed by atoms with Crippen LogP contribution in [0.25, 0.3) is 6.08 Å². The monoisotopic (exact) mass is 611 g/mol. The second-order valence-corrected chi connectivity index (χ2v) is 9.97. The van der Waals surface area contributed by atoms with E-state index in [0.717, 1.165) is 31.4 Å². The van der Waals surface area contributed by atoms with Gasteiger partial charge in [-0.15, -0.1) is 0 Å². The van der Waals surface area contributed by atoms with E-state index >= 15 is 0 Å². The molecular formula is C24H16Cl2INO4S. The first-order valence-corrected chi connectivity index (χ1v) is 12.3. The summed E-state index contributed by atoms with van der Waals surface area (Å²) in [7, 11) is 1.55. The molecule has 2 amide bonds. The van der Waals surface area contributed by atoms with Gasteiger partial charge >= 0.3 is 0 Å². The van der Waals surface area contributed by atoms with Crippen molar-refractivity contribution in [1.29, 1.82) is 0 Å². The van der Waals surface area contributed by atoms with E-state index in [1.807, 2.05) is 30.3 Å². The highest BCUT2D eigenvalue weighted by Crippen LogP contribution is 2.39. The molecule has 33 heavy (non-hydrogen) atoms. The van der Waals surface area contributed by atoms with Gasteiger partial charge in [-0.05, 0) is 100 Å². The molecule has 0 saturated carbocycles. The van der Waals surface area contributed by atoms with Gasteiger partial charge in [0.25, 0.3) is 11.1 Å². The highest BCUT2D eigenvalue weighted by Gasteiger charge is 2.36. The second-order valence-electron chi connectivity index (χ2n) is 6.94. The summed E-state index contributed by atoms with van der Waals surface area (Å²) in [6, 6.07) is 17.6. The van der Waals surface area contributed by atoms with Crippen LogP contribution in [0.15, 0.2) is 65.6 Å². The largest absolute Gasteiger partial charge is 0.493 e. The van der Waals surface area contributed by atoms with Crippen molar-refractivity contribution in [3.05, 3.63) is 90.3 Å². The number of anilines is 1. The number of carbonyl (C=O) groups excluding carboxylic acids is 2. The van der Waals surface area contributed by atoms with Crippen molar-refractivity contribution in [2.75, 3.05) is 12.0 Å². The smallest absolute Gasteiger partial charge is 0.298 e. The van der Waals surface area contributed by atoms with Gasteiger partial charge in [-0.2, -0.15) is 0 Å². The molecule has 3 aromatic rings. The van der Waals surface area contributed by atoms with E-state index in [9.17, 15) is 9.59 Å². The number of thioether (sulfide) groups is 1. The van der Waals surface area contributed by atoms with E-state index in [1.54, 1.807) is 43.5 Å². The Kier molecular flexibility index (Phi) is 7.53. The number of amides is 2. The molecule has 0 aromatic heterocycles. The predicted octanol–water partition coefficient (Wildman–Crippen LogP) is 7.43. The van der Waals surface area contributed by atoms with E-state index in [-0.39, 0.29) is 11.1 Å². The number of ether oxygens (including phenoxy) is 2. The van der Waals surface area contributed by atoms with Crippen LogP contribution < -0.4 is 14.4 Å². The molecule has 0 radical (unpaired) electrons. The quantitative estimate of drug-likeness (QED) is 0.214. The first kappa shape index (κ1) is 23.9. The maximum Gasteiger partial charge on any atom is 0.298 e. The van der Waals surface area contributed by atoms with Crippen LogP contribution in [-0.2, 0) is 11.4 Å². The highest BCUT2D eigenvalue weighted by molar-refractivity contribution is 14.1. The first-order valence-electron chi connectivity index (χ1n) is 9.64. The van der Waals surface area contributed by atoms with Gasteiger partial charge in [0, 0.05) is 10.0 Å². The number of methoxy groups -OCH3 is 1. The number of benzene rings is 3. The van der Waals surface area contributed by atoms with Crippen molar-refractivity contribution in [3.8, 4) is 11.5 Å². The van der Waals surface area contributed by atoms with Crippen molar-refractivity contribution in [2.45, 2.75) is 6.61 Å². The average Bonchev–Trinajstić information content (AvgIpc) is 3.07. The van der Waals surface area contributed by atoms with Crippen molar-refractivity contribution < 1.29 is 19.1 Å². The number of rotatable bonds is 6. The number of hydrogen-bond donors (Lipinski definition) is 0. The zero-order chi connectivity index (χ0) is 23.5. The van der Waals surface area contributed by atoms with E-state index in [4.69, 9.17) is 32.7 Å². The number of hydrogen-bond acceptors (Lipinski definition) is 5. The van der Waals surface area contributed by atoms with Crippen LogP contribution in [-0.4, -0.2) is 18.3 Å².